The normalized spacial score (nSPS) is 15.6. The van der Waals surface area contributed by atoms with Crippen molar-refractivity contribution in [3.05, 3.63) is 29.7 Å². The van der Waals surface area contributed by atoms with Gasteiger partial charge in [0.1, 0.15) is 11.6 Å². The molecule has 0 bridgehead atoms. The Balaban J connectivity index is 1.63. The van der Waals surface area contributed by atoms with Crippen molar-refractivity contribution in [1.29, 1.82) is 0 Å². The van der Waals surface area contributed by atoms with E-state index < -0.39 is 0 Å². The molecular weight excluding hydrogens is 222 g/mol. The van der Waals surface area contributed by atoms with Crippen molar-refractivity contribution in [2.45, 2.75) is 36.3 Å². The molecule has 0 atom stereocenters. The summed E-state index contributed by atoms with van der Waals surface area (Å²) >= 11 is 1.72. The van der Waals surface area contributed by atoms with Crippen LogP contribution in [0.1, 0.15) is 36.2 Å². The molecule has 0 spiro atoms. The van der Waals surface area contributed by atoms with E-state index in [9.17, 15) is 0 Å². The fourth-order valence-electron chi connectivity index (χ4n) is 1.57. The number of hydrogen-bond acceptors (Lipinski definition) is 4. The molecule has 2 heterocycles. The molecule has 4 nitrogen and oxygen atoms in total. The second-order valence-corrected chi connectivity index (χ2v) is 5.06. The Kier molecular flexibility index (Phi) is 2.47. The zero-order valence-corrected chi connectivity index (χ0v) is 9.88. The first-order valence-corrected chi connectivity index (χ1v) is 6.39. The summed E-state index contributed by atoms with van der Waals surface area (Å²) in [6.07, 6.45) is 4.20. The van der Waals surface area contributed by atoms with Gasteiger partial charge in [0.2, 0.25) is 0 Å². The zero-order chi connectivity index (χ0) is 11.0. The van der Waals surface area contributed by atoms with E-state index in [2.05, 4.69) is 15.2 Å². The number of aryl methyl sites for hydroxylation is 1. The maximum Gasteiger partial charge on any atom is 0.153 e. The lowest BCUT2D eigenvalue weighted by Gasteiger charge is -1.95. The van der Waals surface area contributed by atoms with Crippen molar-refractivity contribution in [3.8, 4) is 0 Å². The zero-order valence-electron chi connectivity index (χ0n) is 9.06. The molecule has 0 amide bonds. The van der Waals surface area contributed by atoms with Crippen molar-refractivity contribution in [3.63, 3.8) is 0 Å². The number of aromatic amines is 1. The summed E-state index contributed by atoms with van der Waals surface area (Å²) in [5.41, 5.74) is 0. The molecule has 1 saturated carbocycles. The minimum Gasteiger partial charge on any atom is -0.468 e. The molecule has 0 aromatic carbocycles. The average Bonchev–Trinajstić information content (AvgIpc) is 2.89. The van der Waals surface area contributed by atoms with E-state index in [-0.39, 0.29) is 0 Å². The predicted octanol–water partition coefficient (Wildman–Crippen LogP) is 2.88. The number of thioether (sulfide) groups is 1. The number of aromatic nitrogens is 3. The second kappa shape index (κ2) is 3.97. The van der Waals surface area contributed by atoms with Crippen molar-refractivity contribution in [2.75, 3.05) is 0 Å². The molecule has 1 aliphatic carbocycles. The Morgan fingerprint density at radius 2 is 2.44 bits per heavy atom. The number of furan rings is 1. The van der Waals surface area contributed by atoms with Gasteiger partial charge in [-0.1, -0.05) is 0 Å². The number of nitrogens with zero attached hydrogens (tertiary/aromatic N) is 2. The van der Waals surface area contributed by atoms with Gasteiger partial charge in [0, 0.05) is 10.8 Å². The first-order valence-electron chi connectivity index (χ1n) is 5.41. The Hall–Kier alpha value is -1.23. The van der Waals surface area contributed by atoms with Gasteiger partial charge in [-0.05, 0) is 25.8 Å². The Morgan fingerprint density at radius 1 is 1.56 bits per heavy atom. The standard InChI is InChI=1S/C11H13N3OS/c1-7-9(4-5-15-7)16-6-10-12-11(14-13-10)8-2-3-8/h4-5,8H,2-3,6H2,1H3,(H,12,13,14). The molecule has 16 heavy (non-hydrogen) atoms. The van der Waals surface area contributed by atoms with Crippen molar-refractivity contribution >= 4 is 11.8 Å². The molecule has 0 aliphatic heterocycles. The van der Waals surface area contributed by atoms with Crippen LogP contribution in [0.15, 0.2) is 21.6 Å². The Bertz CT molecular complexity index is 487. The van der Waals surface area contributed by atoms with E-state index in [1.165, 1.54) is 17.7 Å². The molecule has 0 unspecified atom stereocenters. The molecule has 1 fully saturated rings. The summed E-state index contributed by atoms with van der Waals surface area (Å²) in [5, 5.41) is 7.22. The van der Waals surface area contributed by atoms with E-state index in [1.807, 2.05) is 13.0 Å². The first kappa shape index (κ1) is 9.96. The van der Waals surface area contributed by atoms with Gasteiger partial charge in [0.15, 0.2) is 5.82 Å². The third-order valence-electron chi connectivity index (χ3n) is 2.67. The molecular formula is C11H13N3OS. The third-order valence-corrected chi connectivity index (χ3v) is 3.82. The van der Waals surface area contributed by atoms with Gasteiger partial charge in [-0.3, -0.25) is 5.10 Å². The van der Waals surface area contributed by atoms with Crippen LogP contribution in [0.5, 0.6) is 0 Å². The third kappa shape index (κ3) is 2.00. The lowest BCUT2D eigenvalue weighted by molar-refractivity contribution is 0.527. The summed E-state index contributed by atoms with van der Waals surface area (Å²) in [7, 11) is 0. The summed E-state index contributed by atoms with van der Waals surface area (Å²) in [5.74, 6) is 4.34. The van der Waals surface area contributed by atoms with E-state index in [0.29, 0.717) is 5.92 Å². The largest absolute Gasteiger partial charge is 0.468 e. The fraction of sp³-hybridized carbons (Fsp3) is 0.455. The van der Waals surface area contributed by atoms with Gasteiger partial charge < -0.3 is 4.42 Å². The van der Waals surface area contributed by atoms with Crippen LogP contribution in [0.2, 0.25) is 0 Å². The van der Waals surface area contributed by atoms with Gasteiger partial charge in [-0.25, -0.2) is 4.98 Å². The van der Waals surface area contributed by atoms with Crippen LogP contribution in [0, 0.1) is 6.92 Å². The number of rotatable bonds is 4. The SMILES string of the molecule is Cc1occc1SCc1nc(C2CC2)n[nH]1. The molecule has 1 aliphatic rings. The maximum absolute atomic E-state index is 5.24. The van der Waals surface area contributed by atoms with E-state index in [1.54, 1.807) is 18.0 Å². The van der Waals surface area contributed by atoms with E-state index in [0.717, 1.165) is 23.2 Å². The van der Waals surface area contributed by atoms with Gasteiger partial charge in [0.05, 0.1) is 12.0 Å². The minimum absolute atomic E-state index is 0.616. The highest BCUT2D eigenvalue weighted by Crippen LogP contribution is 2.38. The summed E-state index contributed by atoms with van der Waals surface area (Å²) < 4.78 is 5.24. The fourth-order valence-corrected chi connectivity index (χ4v) is 2.39. The molecule has 84 valence electrons. The van der Waals surface area contributed by atoms with Gasteiger partial charge in [-0.2, -0.15) is 5.10 Å². The number of hydrogen-bond donors (Lipinski definition) is 1. The Labute approximate surface area is 97.8 Å². The van der Waals surface area contributed by atoms with Gasteiger partial charge >= 0.3 is 0 Å². The molecule has 1 N–H and O–H groups in total. The molecule has 5 heteroatoms. The summed E-state index contributed by atoms with van der Waals surface area (Å²) in [4.78, 5) is 5.65. The number of H-pyrrole nitrogens is 1. The van der Waals surface area contributed by atoms with Crippen LogP contribution in [0.3, 0.4) is 0 Å². The van der Waals surface area contributed by atoms with Gasteiger partial charge in [0.25, 0.3) is 0 Å². The van der Waals surface area contributed by atoms with Crippen molar-refractivity contribution in [1.82, 2.24) is 15.2 Å². The van der Waals surface area contributed by atoms with E-state index >= 15 is 0 Å². The monoisotopic (exact) mass is 235 g/mol. The predicted molar refractivity (Wildman–Crippen MR) is 61.4 cm³/mol. The average molecular weight is 235 g/mol. The molecule has 3 rings (SSSR count). The molecule has 2 aromatic heterocycles. The quantitative estimate of drug-likeness (QED) is 0.828. The Morgan fingerprint density at radius 3 is 3.12 bits per heavy atom. The highest BCUT2D eigenvalue weighted by atomic mass is 32.2. The van der Waals surface area contributed by atoms with Crippen LogP contribution < -0.4 is 0 Å². The van der Waals surface area contributed by atoms with Crippen LogP contribution in [-0.2, 0) is 5.75 Å². The highest BCUT2D eigenvalue weighted by Gasteiger charge is 2.27. The maximum atomic E-state index is 5.24. The lowest BCUT2D eigenvalue weighted by Crippen LogP contribution is -1.85. The molecule has 0 saturated heterocycles. The minimum atomic E-state index is 0.616. The summed E-state index contributed by atoms with van der Waals surface area (Å²) in [6.45, 7) is 1.97. The second-order valence-electron chi connectivity index (χ2n) is 4.04. The van der Waals surface area contributed by atoms with Crippen molar-refractivity contribution in [2.24, 2.45) is 0 Å². The van der Waals surface area contributed by atoms with Crippen LogP contribution >= 0.6 is 11.8 Å². The molecule has 2 aromatic rings. The highest BCUT2D eigenvalue weighted by molar-refractivity contribution is 7.98. The van der Waals surface area contributed by atoms with Crippen LogP contribution in [0.25, 0.3) is 0 Å². The summed E-state index contributed by atoms with van der Waals surface area (Å²) in [6, 6.07) is 1.98. The van der Waals surface area contributed by atoms with Crippen molar-refractivity contribution < 1.29 is 4.42 Å². The molecule has 0 radical (unpaired) electrons. The smallest absolute Gasteiger partial charge is 0.153 e. The van der Waals surface area contributed by atoms with Gasteiger partial charge in [-0.15, -0.1) is 11.8 Å². The van der Waals surface area contributed by atoms with Crippen LogP contribution in [-0.4, -0.2) is 15.2 Å². The first-order chi connectivity index (χ1) is 7.83. The number of nitrogens with one attached hydrogen (secondary N) is 1. The van der Waals surface area contributed by atoms with Crippen LogP contribution in [0.4, 0.5) is 0 Å². The lowest BCUT2D eigenvalue weighted by atomic mass is 10.4. The topological polar surface area (TPSA) is 54.7 Å². The van der Waals surface area contributed by atoms with E-state index in [4.69, 9.17) is 4.42 Å².